The van der Waals surface area contributed by atoms with Gasteiger partial charge in [0.05, 0.1) is 17.2 Å². The topological polar surface area (TPSA) is 72.7 Å². The van der Waals surface area contributed by atoms with Crippen molar-refractivity contribution in [2.75, 3.05) is 5.32 Å². The summed E-state index contributed by atoms with van der Waals surface area (Å²) in [4.78, 5) is 20.8. The number of anilines is 1. The van der Waals surface area contributed by atoms with Gasteiger partial charge in [-0.05, 0) is 19.8 Å². The van der Waals surface area contributed by atoms with Gasteiger partial charge in [-0.25, -0.2) is 14.6 Å². The van der Waals surface area contributed by atoms with Gasteiger partial charge in [0.2, 0.25) is 5.95 Å². The van der Waals surface area contributed by atoms with Crippen LogP contribution in [0.4, 0.5) is 5.95 Å². The summed E-state index contributed by atoms with van der Waals surface area (Å²) >= 11 is 1.36. The van der Waals surface area contributed by atoms with E-state index >= 15 is 0 Å². The molecule has 0 saturated heterocycles. The number of thiazole rings is 1. The van der Waals surface area contributed by atoms with Crippen molar-refractivity contribution in [3.8, 4) is 0 Å². The molecule has 1 saturated carbocycles. The number of carbonyl (C=O) groups is 1. The van der Waals surface area contributed by atoms with E-state index in [2.05, 4.69) is 20.4 Å². The van der Waals surface area contributed by atoms with Crippen molar-refractivity contribution >= 4 is 23.2 Å². The molecule has 20 heavy (non-hydrogen) atoms. The molecule has 0 spiro atoms. The van der Waals surface area contributed by atoms with Crippen LogP contribution in [0.3, 0.4) is 0 Å². The van der Waals surface area contributed by atoms with E-state index in [-0.39, 0.29) is 5.91 Å². The summed E-state index contributed by atoms with van der Waals surface area (Å²) in [5.74, 6) is 0.170. The Bertz CT molecular complexity index is 599. The maximum Gasteiger partial charge on any atom is 0.269 e. The molecule has 0 atom stereocenters. The molecular formula is C13H17N5OS. The molecule has 106 valence electrons. The molecule has 1 fully saturated rings. The molecule has 1 aliphatic carbocycles. The zero-order chi connectivity index (χ0) is 13.9. The van der Waals surface area contributed by atoms with Gasteiger partial charge in [-0.2, -0.15) is 0 Å². The summed E-state index contributed by atoms with van der Waals surface area (Å²) < 4.78 is 1.88. The van der Waals surface area contributed by atoms with Crippen molar-refractivity contribution in [3.63, 3.8) is 0 Å². The van der Waals surface area contributed by atoms with Crippen LogP contribution < -0.4 is 5.32 Å². The molecule has 2 heterocycles. The quantitative estimate of drug-likeness (QED) is 0.943. The minimum atomic E-state index is -0.197. The minimum absolute atomic E-state index is 0.197. The number of aromatic nitrogens is 4. The average Bonchev–Trinajstić information content (AvgIpc) is 3.09. The third kappa shape index (κ3) is 2.87. The highest BCUT2D eigenvalue weighted by atomic mass is 32.1. The standard InChI is InChI=1S/C13H17N5OS/c1-9-14-7-11(20-9)12(19)16-13-15-8-18(17-13)10-5-3-2-4-6-10/h7-8,10H,2-6H2,1H3,(H,16,17,19). The first kappa shape index (κ1) is 13.2. The summed E-state index contributed by atoms with van der Waals surface area (Å²) in [7, 11) is 0. The van der Waals surface area contributed by atoms with Gasteiger partial charge in [-0.15, -0.1) is 16.4 Å². The van der Waals surface area contributed by atoms with Crippen molar-refractivity contribution in [1.29, 1.82) is 0 Å². The van der Waals surface area contributed by atoms with E-state index in [1.165, 1.54) is 30.6 Å². The Labute approximate surface area is 121 Å². The van der Waals surface area contributed by atoms with E-state index in [9.17, 15) is 4.79 Å². The SMILES string of the molecule is Cc1ncc(C(=O)Nc2ncn(C3CCCCC3)n2)s1. The first-order valence-electron chi connectivity index (χ1n) is 6.87. The van der Waals surface area contributed by atoms with Gasteiger partial charge in [0.1, 0.15) is 11.2 Å². The lowest BCUT2D eigenvalue weighted by Crippen LogP contribution is -2.15. The Morgan fingerprint density at radius 3 is 2.85 bits per heavy atom. The van der Waals surface area contributed by atoms with Gasteiger partial charge in [0, 0.05) is 0 Å². The van der Waals surface area contributed by atoms with E-state index in [0.717, 1.165) is 17.8 Å². The summed E-state index contributed by atoms with van der Waals surface area (Å²) in [6, 6.07) is 0.424. The van der Waals surface area contributed by atoms with E-state index in [1.54, 1.807) is 12.5 Å². The molecule has 6 nitrogen and oxygen atoms in total. The third-order valence-electron chi connectivity index (χ3n) is 3.53. The molecule has 2 aromatic heterocycles. The maximum absolute atomic E-state index is 12.0. The average molecular weight is 291 g/mol. The summed E-state index contributed by atoms with van der Waals surface area (Å²) in [5.41, 5.74) is 0. The van der Waals surface area contributed by atoms with E-state index in [1.807, 2.05) is 11.6 Å². The molecule has 0 radical (unpaired) electrons. The lowest BCUT2D eigenvalue weighted by molar-refractivity contribution is 0.102. The van der Waals surface area contributed by atoms with E-state index < -0.39 is 0 Å². The third-order valence-corrected chi connectivity index (χ3v) is 4.44. The number of nitrogens with one attached hydrogen (secondary N) is 1. The molecule has 0 aromatic carbocycles. The van der Waals surface area contributed by atoms with Crippen molar-refractivity contribution in [2.24, 2.45) is 0 Å². The highest BCUT2D eigenvalue weighted by molar-refractivity contribution is 7.13. The fraction of sp³-hybridized carbons (Fsp3) is 0.538. The van der Waals surface area contributed by atoms with Crippen LogP contribution in [0.2, 0.25) is 0 Å². The Balaban J connectivity index is 1.66. The van der Waals surface area contributed by atoms with Crippen molar-refractivity contribution in [2.45, 2.75) is 45.1 Å². The number of aryl methyl sites for hydroxylation is 1. The Morgan fingerprint density at radius 1 is 1.35 bits per heavy atom. The van der Waals surface area contributed by atoms with Gasteiger partial charge >= 0.3 is 0 Å². The largest absolute Gasteiger partial charge is 0.288 e. The second kappa shape index (κ2) is 5.70. The van der Waals surface area contributed by atoms with Crippen molar-refractivity contribution in [3.05, 3.63) is 22.4 Å². The first-order chi connectivity index (χ1) is 9.72. The zero-order valence-electron chi connectivity index (χ0n) is 11.4. The maximum atomic E-state index is 12.0. The van der Waals surface area contributed by atoms with Gasteiger partial charge < -0.3 is 0 Å². The first-order valence-corrected chi connectivity index (χ1v) is 7.69. The molecule has 0 bridgehead atoms. The molecule has 0 aliphatic heterocycles. The van der Waals surface area contributed by atoms with Crippen LogP contribution in [-0.4, -0.2) is 25.7 Å². The number of rotatable bonds is 3. The van der Waals surface area contributed by atoms with E-state index in [4.69, 9.17) is 0 Å². The second-order valence-electron chi connectivity index (χ2n) is 5.04. The van der Waals surface area contributed by atoms with Crippen LogP contribution in [0.5, 0.6) is 0 Å². The summed E-state index contributed by atoms with van der Waals surface area (Å²) in [6.45, 7) is 1.87. The predicted molar refractivity (Wildman–Crippen MR) is 76.9 cm³/mol. The van der Waals surface area contributed by atoms with Crippen LogP contribution >= 0.6 is 11.3 Å². The fourth-order valence-electron chi connectivity index (χ4n) is 2.48. The lowest BCUT2D eigenvalue weighted by atomic mass is 9.96. The van der Waals surface area contributed by atoms with Crippen LogP contribution in [0, 0.1) is 6.92 Å². The Morgan fingerprint density at radius 2 is 2.15 bits per heavy atom. The highest BCUT2D eigenvalue weighted by Gasteiger charge is 2.18. The monoisotopic (exact) mass is 291 g/mol. The lowest BCUT2D eigenvalue weighted by Gasteiger charge is -2.20. The van der Waals surface area contributed by atoms with Crippen molar-refractivity contribution < 1.29 is 4.79 Å². The molecular weight excluding hydrogens is 274 g/mol. The number of hydrogen-bond donors (Lipinski definition) is 1. The molecule has 1 amide bonds. The van der Waals surface area contributed by atoms with Gasteiger partial charge in [0.25, 0.3) is 5.91 Å². The summed E-state index contributed by atoms with van der Waals surface area (Å²) in [5, 5.41) is 7.95. The number of amides is 1. The number of carbonyl (C=O) groups excluding carboxylic acids is 1. The highest BCUT2D eigenvalue weighted by Crippen LogP contribution is 2.27. The number of nitrogens with zero attached hydrogens (tertiary/aromatic N) is 4. The fourth-order valence-corrected chi connectivity index (χ4v) is 3.16. The van der Waals surface area contributed by atoms with Crippen LogP contribution in [-0.2, 0) is 0 Å². The molecule has 0 unspecified atom stereocenters. The van der Waals surface area contributed by atoms with Crippen LogP contribution in [0.15, 0.2) is 12.5 Å². The Hall–Kier alpha value is -1.76. The van der Waals surface area contributed by atoms with Crippen LogP contribution in [0.1, 0.15) is 52.8 Å². The molecule has 2 aromatic rings. The normalized spacial score (nSPS) is 16.2. The molecule has 3 rings (SSSR count). The summed E-state index contributed by atoms with van der Waals surface area (Å²) in [6.07, 6.45) is 9.37. The van der Waals surface area contributed by atoms with E-state index in [0.29, 0.717) is 16.9 Å². The van der Waals surface area contributed by atoms with Gasteiger partial charge in [0.15, 0.2) is 0 Å². The Kier molecular flexibility index (Phi) is 3.77. The van der Waals surface area contributed by atoms with Gasteiger partial charge in [-0.3, -0.25) is 10.1 Å². The zero-order valence-corrected chi connectivity index (χ0v) is 12.2. The molecule has 1 aliphatic rings. The second-order valence-corrected chi connectivity index (χ2v) is 6.27. The molecule has 7 heteroatoms. The van der Waals surface area contributed by atoms with Gasteiger partial charge in [-0.1, -0.05) is 19.3 Å². The predicted octanol–water partition coefficient (Wildman–Crippen LogP) is 2.80. The van der Waals surface area contributed by atoms with Crippen molar-refractivity contribution in [1.82, 2.24) is 19.7 Å². The number of hydrogen-bond acceptors (Lipinski definition) is 5. The molecule has 1 N–H and O–H groups in total. The van der Waals surface area contributed by atoms with Crippen LogP contribution in [0.25, 0.3) is 0 Å². The smallest absolute Gasteiger partial charge is 0.269 e. The minimum Gasteiger partial charge on any atom is -0.288 e.